The predicted molar refractivity (Wildman–Crippen MR) is 126 cm³/mol. The Morgan fingerprint density at radius 1 is 1.10 bits per heavy atom. The van der Waals surface area contributed by atoms with Gasteiger partial charge in [0.15, 0.2) is 5.11 Å². The van der Waals surface area contributed by atoms with Gasteiger partial charge in [-0.05, 0) is 74.1 Å². The molecule has 1 N–H and O–H groups in total. The van der Waals surface area contributed by atoms with E-state index in [2.05, 4.69) is 56.3 Å². The third kappa shape index (κ3) is 4.57. The SMILES string of the molecule is CCOc1ccc(-n2cccc2[C@H]2[C@@H](c3ccccn3)NC(=S)N2CCCOC)cc1. The number of methoxy groups -OCH3 is 1. The van der Waals surface area contributed by atoms with Crippen LogP contribution in [0.15, 0.2) is 67.0 Å². The summed E-state index contributed by atoms with van der Waals surface area (Å²) in [7, 11) is 1.73. The number of thiocarbonyl (C=S) groups is 1. The monoisotopic (exact) mass is 436 g/mol. The van der Waals surface area contributed by atoms with Gasteiger partial charge in [-0.15, -0.1) is 0 Å². The number of rotatable bonds is 9. The van der Waals surface area contributed by atoms with E-state index >= 15 is 0 Å². The maximum absolute atomic E-state index is 5.74. The van der Waals surface area contributed by atoms with Gasteiger partial charge in [-0.3, -0.25) is 4.98 Å². The summed E-state index contributed by atoms with van der Waals surface area (Å²) in [6.45, 7) is 4.15. The Hall–Kier alpha value is -2.90. The van der Waals surface area contributed by atoms with E-state index in [0.717, 1.165) is 40.9 Å². The second-order valence-corrected chi connectivity index (χ2v) is 7.78. The van der Waals surface area contributed by atoms with Crippen molar-refractivity contribution in [3.8, 4) is 11.4 Å². The number of hydrogen-bond acceptors (Lipinski definition) is 4. The van der Waals surface area contributed by atoms with Gasteiger partial charge in [0.05, 0.1) is 24.4 Å². The normalized spacial score (nSPS) is 18.3. The molecule has 1 aromatic carbocycles. The van der Waals surface area contributed by atoms with Gasteiger partial charge in [0.2, 0.25) is 0 Å². The summed E-state index contributed by atoms with van der Waals surface area (Å²) < 4.78 is 13.1. The van der Waals surface area contributed by atoms with Crippen LogP contribution in [0, 0.1) is 0 Å². The summed E-state index contributed by atoms with van der Waals surface area (Å²) in [5.41, 5.74) is 3.21. The second kappa shape index (κ2) is 9.94. The fourth-order valence-corrected chi connectivity index (χ4v) is 4.42. The van der Waals surface area contributed by atoms with Crippen molar-refractivity contribution < 1.29 is 9.47 Å². The van der Waals surface area contributed by atoms with Crippen molar-refractivity contribution in [1.82, 2.24) is 19.8 Å². The molecule has 0 spiro atoms. The highest BCUT2D eigenvalue weighted by molar-refractivity contribution is 7.80. The number of hydrogen-bond donors (Lipinski definition) is 1. The summed E-state index contributed by atoms with van der Waals surface area (Å²) in [5.74, 6) is 0.872. The van der Waals surface area contributed by atoms with Crippen molar-refractivity contribution in [2.24, 2.45) is 0 Å². The average Bonchev–Trinajstić information content (AvgIpc) is 3.40. The van der Waals surface area contributed by atoms with Crippen LogP contribution in [0.3, 0.4) is 0 Å². The van der Waals surface area contributed by atoms with Crippen LogP contribution in [0.5, 0.6) is 5.75 Å². The summed E-state index contributed by atoms with van der Waals surface area (Å²) in [4.78, 5) is 6.88. The van der Waals surface area contributed by atoms with Gasteiger partial charge in [-0.25, -0.2) is 0 Å². The van der Waals surface area contributed by atoms with Crippen molar-refractivity contribution in [3.63, 3.8) is 0 Å². The minimum Gasteiger partial charge on any atom is -0.494 e. The molecule has 2 aromatic heterocycles. The number of nitrogens with zero attached hydrogens (tertiary/aromatic N) is 3. The van der Waals surface area contributed by atoms with Crippen LogP contribution in [-0.2, 0) is 4.74 Å². The second-order valence-electron chi connectivity index (χ2n) is 7.40. The molecule has 31 heavy (non-hydrogen) atoms. The van der Waals surface area contributed by atoms with Crippen molar-refractivity contribution in [1.29, 1.82) is 0 Å². The van der Waals surface area contributed by atoms with E-state index < -0.39 is 0 Å². The van der Waals surface area contributed by atoms with E-state index in [0.29, 0.717) is 13.2 Å². The van der Waals surface area contributed by atoms with Crippen LogP contribution in [0.2, 0.25) is 0 Å². The standard InChI is InChI=1S/C24H28N4O2S/c1-3-30-19-12-10-18(11-13-19)27-15-6-9-21(27)23-22(20-8-4-5-14-25-20)26-24(31)28(23)16-7-17-29-2/h4-6,8-15,22-23H,3,7,16-17H2,1-2H3,(H,26,31)/t22-,23+/m1/s1. The topological polar surface area (TPSA) is 51.5 Å². The molecule has 0 unspecified atom stereocenters. The van der Waals surface area contributed by atoms with Crippen LogP contribution >= 0.6 is 12.2 Å². The molecule has 6 nitrogen and oxygen atoms in total. The zero-order valence-electron chi connectivity index (χ0n) is 17.9. The lowest BCUT2D eigenvalue weighted by molar-refractivity contribution is 0.180. The molecule has 1 fully saturated rings. The van der Waals surface area contributed by atoms with Crippen molar-refractivity contribution in [2.45, 2.75) is 25.4 Å². The lowest BCUT2D eigenvalue weighted by Gasteiger charge is -2.29. The molecule has 0 radical (unpaired) electrons. The van der Waals surface area contributed by atoms with Crippen LogP contribution in [0.4, 0.5) is 0 Å². The number of aromatic nitrogens is 2. The first kappa shape index (κ1) is 21.3. The Kier molecular flexibility index (Phi) is 6.84. The lowest BCUT2D eigenvalue weighted by atomic mass is 10.0. The van der Waals surface area contributed by atoms with Gasteiger partial charge in [0.25, 0.3) is 0 Å². The molecule has 162 valence electrons. The molecule has 1 aliphatic rings. The quantitative estimate of drug-likeness (QED) is 0.399. The Bertz CT molecular complexity index is 990. The van der Waals surface area contributed by atoms with E-state index in [-0.39, 0.29) is 12.1 Å². The van der Waals surface area contributed by atoms with Gasteiger partial charge in [-0.1, -0.05) is 6.07 Å². The first-order valence-electron chi connectivity index (χ1n) is 10.6. The maximum atomic E-state index is 5.74. The van der Waals surface area contributed by atoms with E-state index in [1.807, 2.05) is 37.4 Å². The third-order valence-electron chi connectivity index (χ3n) is 5.45. The number of pyridine rings is 1. The summed E-state index contributed by atoms with van der Waals surface area (Å²) in [6, 6.07) is 18.4. The fourth-order valence-electron chi connectivity index (χ4n) is 4.09. The van der Waals surface area contributed by atoms with Gasteiger partial charge in [-0.2, -0.15) is 0 Å². The highest BCUT2D eigenvalue weighted by atomic mass is 32.1. The van der Waals surface area contributed by atoms with E-state index in [1.165, 1.54) is 0 Å². The zero-order valence-corrected chi connectivity index (χ0v) is 18.7. The molecule has 7 heteroatoms. The minimum atomic E-state index is -0.0346. The molecule has 1 aliphatic heterocycles. The summed E-state index contributed by atoms with van der Waals surface area (Å²) >= 11 is 5.74. The predicted octanol–water partition coefficient (Wildman–Crippen LogP) is 4.28. The van der Waals surface area contributed by atoms with Crippen molar-refractivity contribution in [3.05, 3.63) is 78.4 Å². The van der Waals surface area contributed by atoms with Gasteiger partial charge in [0, 0.05) is 44.0 Å². The van der Waals surface area contributed by atoms with Crippen molar-refractivity contribution in [2.75, 3.05) is 26.9 Å². The fraction of sp³-hybridized carbons (Fsp3) is 0.333. The van der Waals surface area contributed by atoms with Crippen LogP contribution in [0.25, 0.3) is 5.69 Å². The molecule has 0 aliphatic carbocycles. The number of nitrogens with one attached hydrogen (secondary N) is 1. The van der Waals surface area contributed by atoms with Gasteiger partial charge < -0.3 is 24.3 Å². The Morgan fingerprint density at radius 3 is 2.65 bits per heavy atom. The molecule has 3 heterocycles. The van der Waals surface area contributed by atoms with E-state index in [9.17, 15) is 0 Å². The highest BCUT2D eigenvalue weighted by Crippen LogP contribution is 2.39. The van der Waals surface area contributed by atoms with Gasteiger partial charge >= 0.3 is 0 Å². The van der Waals surface area contributed by atoms with Crippen LogP contribution in [-0.4, -0.2) is 46.4 Å². The summed E-state index contributed by atoms with van der Waals surface area (Å²) in [5, 5.41) is 4.26. The molecule has 0 amide bonds. The molecule has 3 aromatic rings. The van der Waals surface area contributed by atoms with Gasteiger partial charge in [0.1, 0.15) is 5.75 Å². The smallest absolute Gasteiger partial charge is 0.170 e. The molecule has 4 rings (SSSR count). The van der Waals surface area contributed by atoms with E-state index in [4.69, 9.17) is 21.7 Å². The minimum absolute atomic E-state index is 0.0147. The van der Waals surface area contributed by atoms with Crippen LogP contribution < -0.4 is 10.1 Å². The molecular formula is C24H28N4O2S. The molecule has 0 bridgehead atoms. The Morgan fingerprint density at radius 2 is 1.94 bits per heavy atom. The highest BCUT2D eigenvalue weighted by Gasteiger charge is 2.40. The van der Waals surface area contributed by atoms with Crippen LogP contribution in [0.1, 0.15) is 36.8 Å². The van der Waals surface area contributed by atoms with E-state index in [1.54, 1.807) is 7.11 Å². The molecule has 2 atom stereocenters. The Balaban J connectivity index is 1.71. The molecular weight excluding hydrogens is 408 g/mol. The maximum Gasteiger partial charge on any atom is 0.170 e. The third-order valence-corrected chi connectivity index (χ3v) is 5.81. The largest absolute Gasteiger partial charge is 0.494 e. The average molecular weight is 437 g/mol. The first-order chi connectivity index (χ1) is 15.2. The molecule has 0 saturated carbocycles. The molecule has 1 saturated heterocycles. The lowest BCUT2D eigenvalue weighted by Crippen LogP contribution is -2.32. The number of ether oxygens (including phenoxy) is 2. The zero-order chi connectivity index (χ0) is 21.6. The summed E-state index contributed by atoms with van der Waals surface area (Å²) in [6.07, 6.45) is 4.82. The Labute approximate surface area is 188 Å². The first-order valence-corrected chi connectivity index (χ1v) is 11.0. The van der Waals surface area contributed by atoms with Crippen molar-refractivity contribution >= 4 is 17.3 Å². The number of benzene rings is 1.